The van der Waals surface area contributed by atoms with Crippen LogP contribution in [0.25, 0.3) is 0 Å². The van der Waals surface area contributed by atoms with E-state index in [2.05, 4.69) is 0 Å². The van der Waals surface area contributed by atoms with Gasteiger partial charge in [-0.25, -0.2) is 0 Å². The molecule has 1 amide bonds. The van der Waals surface area contributed by atoms with Gasteiger partial charge in [0.1, 0.15) is 48.8 Å². The molecule has 1 N–H and O–H groups in total. The summed E-state index contributed by atoms with van der Waals surface area (Å²) in [4.78, 5) is 11.6. The fourth-order valence-electron chi connectivity index (χ4n) is 9.82. The Bertz CT molecular complexity index is 2920. The molecular weight excluding hydrogens is 1030 g/mol. The number of amides is 1. The molecule has 3 aliphatic rings. The van der Waals surface area contributed by atoms with E-state index in [4.69, 9.17) is 52.1 Å². The monoisotopic (exact) mass is 1100 g/mol. The van der Waals surface area contributed by atoms with Crippen LogP contribution in [-0.4, -0.2) is 93.3 Å². The van der Waals surface area contributed by atoms with Crippen molar-refractivity contribution in [2.24, 2.45) is 0 Å². The fourth-order valence-corrected chi connectivity index (χ4v) is 9.82. The molecule has 13 nitrogen and oxygen atoms in total. The van der Waals surface area contributed by atoms with Crippen LogP contribution >= 0.6 is 0 Å². The van der Waals surface area contributed by atoms with Crippen molar-refractivity contribution in [3.8, 4) is 0 Å². The number of nitrogens with one attached hydrogen (secondary N) is 1. The number of ether oxygens (including phenoxy) is 11. The van der Waals surface area contributed by atoms with E-state index in [1.165, 1.54) is 12.1 Å². The number of fused-ring (bicyclic) bond motifs is 1. The van der Waals surface area contributed by atoms with Crippen LogP contribution in [0.5, 0.6) is 0 Å². The molecule has 0 saturated carbocycles. The van der Waals surface area contributed by atoms with Gasteiger partial charge in [-0.3, -0.25) is 4.79 Å². The SMILES string of the molecule is O=C(Nc1ccc(CCO[C@H]2O[C@@H]3CO[C@@H](c4ccccc4)O[C@H]3[C@H](O[C@@H]3O[C@H](COCc4ccccc4)[C@@H](OCc4ccccc4)[C@H](OCc4ccccc4)[C@H]3OCc3ccccc3)[C@H]2OCc2ccccc2)cc1)C(F)(F)F. The largest absolute Gasteiger partial charge is 0.471 e. The average Bonchev–Trinajstić information content (AvgIpc) is 3.69. The first-order chi connectivity index (χ1) is 39.2. The minimum absolute atomic E-state index is 0.00174. The van der Waals surface area contributed by atoms with E-state index < -0.39 is 79.8 Å². The number of rotatable bonds is 24. The van der Waals surface area contributed by atoms with Crippen molar-refractivity contribution in [2.75, 3.05) is 25.1 Å². The summed E-state index contributed by atoms with van der Waals surface area (Å²) in [7, 11) is 0. The third-order valence-corrected chi connectivity index (χ3v) is 13.9. The fraction of sp³-hybridized carbons (Fsp3) is 0.328. The molecule has 418 valence electrons. The Kier molecular flexibility index (Phi) is 19.9. The minimum Gasteiger partial charge on any atom is -0.374 e. The molecule has 0 spiro atoms. The van der Waals surface area contributed by atoms with Gasteiger partial charge in [0.2, 0.25) is 0 Å². The quantitative estimate of drug-likeness (QED) is 0.0618. The Balaban J connectivity index is 1.01. The van der Waals surface area contributed by atoms with E-state index in [9.17, 15) is 18.0 Å². The van der Waals surface area contributed by atoms with Crippen LogP contribution in [0.15, 0.2) is 206 Å². The van der Waals surface area contributed by atoms with Crippen LogP contribution in [0.1, 0.15) is 45.2 Å². The van der Waals surface area contributed by atoms with Crippen molar-refractivity contribution in [3.63, 3.8) is 0 Å². The van der Waals surface area contributed by atoms with Crippen molar-refractivity contribution in [1.29, 1.82) is 0 Å². The lowest BCUT2D eigenvalue weighted by atomic mass is 9.95. The number of hydrogen-bond acceptors (Lipinski definition) is 12. The van der Waals surface area contributed by atoms with Crippen LogP contribution in [-0.2, 0) is 96.4 Å². The number of alkyl halides is 3. The lowest BCUT2D eigenvalue weighted by Crippen LogP contribution is -2.67. The molecule has 3 fully saturated rings. The van der Waals surface area contributed by atoms with Gasteiger partial charge in [-0.05, 0) is 51.9 Å². The zero-order chi connectivity index (χ0) is 54.9. The molecule has 16 heteroatoms. The second kappa shape index (κ2) is 28.2. The second-order valence-electron chi connectivity index (χ2n) is 19.7. The molecule has 0 bridgehead atoms. The number of carbonyl (C=O) groups is 1. The summed E-state index contributed by atoms with van der Waals surface area (Å²) >= 11 is 0. The molecule has 0 unspecified atom stereocenters. The number of anilines is 1. The molecule has 10 rings (SSSR count). The first-order valence-corrected chi connectivity index (χ1v) is 26.8. The zero-order valence-electron chi connectivity index (χ0n) is 43.9. The first-order valence-electron chi connectivity index (χ1n) is 26.8. The molecular formula is C64H64F3NO12. The molecule has 0 radical (unpaired) electrons. The van der Waals surface area contributed by atoms with Crippen LogP contribution in [0, 0.1) is 0 Å². The summed E-state index contributed by atoms with van der Waals surface area (Å²) in [6, 6.07) is 64.9. The molecule has 3 saturated heterocycles. The number of halogens is 3. The van der Waals surface area contributed by atoms with Gasteiger partial charge >= 0.3 is 12.1 Å². The van der Waals surface area contributed by atoms with Crippen molar-refractivity contribution < 1.29 is 70.1 Å². The van der Waals surface area contributed by atoms with Gasteiger partial charge < -0.3 is 57.4 Å². The highest BCUT2D eigenvalue weighted by molar-refractivity contribution is 5.94. The van der Waals surface area contributed by atoms with Gasteiger partial charge in [-0.15, -0.1) is 0 Å². The summed E-state index contributed by atoms with van der Waals surface area (Å²) < 4.78 is 115. The van der Waals surface area contributed by atoms with E-state index in [0.29, 0.717) is 13.0 Å². The Labute approximate surface area is 463 Å². The van der Waals surface area contributed by atoms with E-state index >= 15 is 0 Å². The highest BCUT2D eigenvalue weighted by Gasteiger charge is 2.56. The van der Waals surface area contributed by atoms with Crippen molar-refractivity contribution >= 4 is 11.6 Å². The average molecular weight is 1100 g/mol. The molecule has 3 heterocycles. The van der Waals surface area contributed by atoms with Gasteiger partial charge in [-0.1, -0.05) is 194 Å². The van der Waals surface area contributed by atoms with Gasteiger partial charge in [0.05, 0.1) is 52.9 Å². The van der Waals surface area contributed by atoms with Gasteiger partial charge in [0.25, 0.3) is 0 Å². The maximum absolute atomic E-state index is 13.0. The Morgan fingerprint density at radius 2 is 0.938 bits per heavy atom. The molecule has 3 aliphatic heterocycles. The maximum Gasteiger partial charge on any atom is 0.471 e. The molecule has 0 aromatic heterocycles. The normalized spacial score (nSPS) is 24.9. The maximum atomic E-state index is 13.0. The summed E-state index contributed by atoms with van der Waals surface area (Å²) in [6.07, 6.45) is -14.7. The smallest absolute Gasteiger partial charge is 0.374 e. The lowest BCUT2D eigenvalue weighted by molar-refractivity contribution is -0.401. The van der Waals surface area contributed by atoms with Crippen LogP contribution in [0.3, 0.4) is 0 Å². The van der Waals surface area contributed by atoms with Crippen LogP contribution < -0.4 is 5.32 Å². The molecule has 80 heavy (non-hydrogen) atoms. The van der Waals surface area contributed by atoms with Crippen LogP contribution in [0.2, 0.25) is 0 Å². The minimum atomic E-state index is -5.03. The number of benzene rings is 7. The third kappa shape index (κ3) is 15.6. The Hall–Kier alpha value is -6.64. The first kappa shape index (κ1) is 56.6. The summed E-state index contributed by atoms with van der Waals surface area (Å²) in [5.74, 6) is -2.06. The lowest BCUT2D eigenvalue weighted by Gasteiger charge is -2.51. The predicted molar refractivity (Wildman–Crippen MR) is 289 cm³/mol. The molecule has 7 aromatic carbocycles. The number of hydrogen-bond donors (Lipinski definition) is 1. The highest BCUT2D eigenvalue weighted by atomic mass is 19.4. The van der Waals surface area contributed by atoms with E-state index in [0.717, 1.165) is 38.9 Å². The van der Waals surface area contributed by atoms with Crippen molar-refractivity contribution in [3.05, 3.63) is 245 Å². The van der Waals surface area contributed by atoms with Gasteiger partial charge in [0.15, 0.2) is 18.9 Å². The summed E-state index contributed by atoms with van der Waals surface area (Å²) in [5, 5.41) is 1.89. The third-order valence-electron chi connectivity index (χ3n) is 13.9. The van der Waals surface area contributed by atoms with Crippen molar-refractivity contribution in [2.45, 2.75) is 113 Å². The van der Waals surface area contributed by atoms with Crippen LogP contribution in [0.4, 0.5) is 18.9 Å². The topological polar surface area (TPSA) is 131 Å². The Morgan fingerprint density at radius 1 is 0.475 bits per heavy atom. The molecule has 11 atom stereocenters. The van der Waals surface area contributed by atoms with Gasteiger partial charge in [0, 0.05) is 11.3 Å². The summed E-state index contributed by atoms with van der Waals surface area (Å²) in [5.41, 5.74) is 6.17. The Morgan fingerprint density at radius 3 is 1.45 bits per heavy atom. The second-order valence-corrected chi connectivity index (χ2v) is 19.7. The van der Waals surface area contributed by atoms with Gasteiger partial charge in [-0.2, -0.15) is 13.2 Å². The zero-order valence-corrected chi connectivity index (χ0v) is 43.9. The predicted octanol–water partition coefficient (Wildman–Crippen LogP) is 11.3. The van der Waals surface area contributed by atoms with E-state index in [-0.39, 0.29) is 51.9 Å². The van der Waals surface area contributed by atoms with Crippen molar-refractivity contribution in [1.82, 2.24) is 0 Å². The highest BCUT2D eigenvalue weighted by Crippen LogP contribution is 2.40. The summed E-state index contributed by atoms with van der Waals surface area (Å²) in [6.45, 7) is 1.29. The number of carbonyl (C=O) groups excluding carboxylic acids is 1. The van der Waals surface area contributed by atoms with E-state index in [1.54, 1.807) is 12.1 Å². The standard InChI is InChI=1S/C64H64F3NO12/c65-64(66,67)63(69)68-51-33-31-44(32-34-51)35-36-71-61-59(75-41-49-27-15-5-16-28-49)57(55-53(77-61)43-76-60(79-55)50-29-17-6-18-30-50)80-62-58(74-40-48-25-13-4-14-26-48)56(73-39-47-23-11-3-12-24-47)54(72-38-46-21-9-2-10-22-46)52(78-62)42-70-37-45-19-7-1-8-20-45/h1-34,52-62H,35-43H2,(H,68,69)/t52-,53-,54-,55-,56+,57+,58-,59-,60-,61+,62+/m1/s1. The molecule has 0 aliphatic carbocycles. The van der Waals surface area contributed by atoms with E-state index in [1.807, 2.05) is 187 Å². The molecule has 7 aromatic rings.